The van der Waals surface area contributed by atoms with Crippen LogP contribution >= 0.6 is 0 Å². The normalized spacial score (nSPS) is 18.1. The average Bonchev–Trinajstić information content (AvgIpc) is 2.25. The lowest BCUT2D eigenvalue weighted by atomic mass is 9.85. The summed E-state index contributed by atoms with van der Waals surface area (Å²) in [5.74, 6) is 0.930. The van der Waals surface area contributed by atoms with Crippen LogP contribution in [0.25, 0.3) is 0 Å². The van der Waals surface area contributed by atoms with Crippen LogP contribution in [0.2, 0.25) is 0 Å². The van der Waals surface area contributed by atoms with Crippen LogP contribution < -0.4 is 5.32 Å². The summed E-state index contributed by atoms with van der Waals surface area (Å²) in [6.07, 6.45) is 5.18. The van der Waals surface area contributed by atoms with E-state index in [-0.39, 0.29) is 6.04 Å². The number of hydrogen-bond acceptors (Lipinski definition) is 3. The highest BCUT2D eigenvalue weighted by atomic mass is 15.1. The van der Waals surface area contributed by atoms with Crippen molar-refractivity contribution in [3.8, 4) is 6.07 Å². The fraction of sp³-hybridized carbons (Fsp3) is 0.923. The Labute approximate surface area is 99.8 Å². The molecule has 1 fully saturated rings. The molecule has 1 aliphatic rings. The molecule has 0 aromatic heterocycles. The Bertz CT molecular complexity index is 218. The number of nitrogens with zero attached hydrogens (tertiary/aromatic N) is 2. The second-order valence-electron chi connectivity index (χ2n) is 4.72. The van der Waals surface area contributed by atoms with Gasteiger partial charge >= 0.3 is 0 Å². The standard InChI is InChI=1S/C13H25N3/c1-3-15-13(10-14)8-9-16(4-2)11-12-6-5-7-12/h12-13,15H,3-9,11H2,1-2H3. The van der Waals surface area contributed by atoms with E-state index in [1.54, 1.807) is 0 Å². The first-order valence-electron chi connectivity index (χ1n) is 6.65. The van der Waals surface area contributed by atoms with E-state index in [2.05, 4.69) is 30.1 Å². The van der Waals surface area contributed by atoms with E-state index in [1.807, 2.05) is 0 Å². The molecule has 0 aliphatic heterocycles. The zero-order chi connectivity index (χ0) is 11.8. The SMILES string of the molecule is CCNC(C#N)CCN(CC)CC1CCC1. The molecule has 0 aromatic rings. The Kier molecular flexibility index (Phi) is 6.44. The summed E-state index contributed by atoms with van der Waals surface area (Å²) in [6.45, 7) is 8.55. The van der Waals surface area contributed by atoms with E-state index in [9.17, 15) is 0 Å². The maximum atomic E-state index is 8.95. The van der Waals surface area contributed by atoms with Gasteiger partial charge in [0, 0.05) is 13.1 Å². The summed E-state index contributed by atoms with van der Waals surface area (Å²) in [4.78, 5) is 2.49. The summed E-state index contributed by atoms with van der Waals surface area (Å²) < 4.78 is 0. The maximum absolute atomic E-state index is 8.95. The topological polar surface area (TPSA) is 39.1 Å². The largest absolute Gasteiger partial charge is 0.303 e. The molecule has 0 spiro atoms. The van der Waals surface area contributed by atoms with Crippen LogP contribution in [-0.2, 0) is 0 Å². The van der Waals surface area contributed by atoms with E-state index >= 15 is 0 Å². The quantitative estimate of drug-likeness (QED) is 0.684. The van der Waals surface area contributed by atoms with Gasteiger partial charge in [-0.3, -0.25) is 0 Å². The first-order chi connectivity index (χ1) is 7.80. The van der Waals surface area contributed by atoms with E-state index in [1.165, 1.54) is 25.8 Å². The average molecular weight is 223 g/mol. The Morgan fingerprint density at radius 3 is 2.62 bits per heavy atom. The van der Waals surface area contributed by atoms with E-state index in [0.29, 0.717) is 0 Å². The maximum Gasteiger partial charge on any atom is 0.0965 e. The van der Waals surface area contributed by atoms with Gasteiger partial charge in [-0.25, -0.2) is 0 Å². The number of hydrogen-bond donors (Lipinski definition) is 1. The van der Waals surface area contributed by atoms with Crippen LogP contribution in [0, 0.1) is 17.2 Å². The van der Waals surface area contributed by atoms with Gasteiger partial charge in [-0.05, 0) is 38.3 Å². The lowest BCUT2D eigenvalue weighted by molar-refractivity contribution is 0.180. The second kappa shape index (κ2) is 7.65. The van der Waals surface area contributed by atoms with Crippen LogP contribution in [0.15, 0.2) is 0 Å². The van der Waals surface area contributed by atoms with Crippen molar-refractivity contribution < 1.29 is 0 Å². The van der Waals surface area contributed by atoms with Gasteiger partial charge in [0.1, 0.15) is 0 Å². The fourth-order valence-corrected chi connectivity index (χ4v) is 2.19. The molecule has 0 amide bonds. The molecular formula is C13H25N3. The third kappa shape index (κ3) is 4.51. The van der Waals surface area contributed by atoms with Crippen molar-refractivity contribution in [2.24, 2.45) is 5.92 Å². The zero-order valence-corrected chi connectivity index (χ0v) is 10.7. The first kappa shape index (κ1) is 13.5. The monoisotopic (exact) mass is 223 g/mol. The third-order valence-electron chi connectivity index (χ3n) is 3.53. The highest BCUT2D eigenvalue weighted by Crippen LogP contribution is 2.27. The van der Waals surface area contributed by atoms with Crippen molar-refractivity contribution in [1.29, 1.82) is 5.26 Å². The van der Waals surface area contributed by atoms with Gasteiger partial charge in [0.05, 0.1) is 12.1 Å². The molecule has 1 saturated carbocycles. The van der Waals surface area contributed by atoms with Crippen molar-refractivity contribution in [3.63, 3.8) is 0 Å². The molecule has 0 radical (unpaired) electrons. The molecule has 1 rings (SSSR count). The Balaban J connectivity index is 2.18. The molecule has 1 atom stereocenters. The number of nitriles is 1. The number of nitrogens with one attached hydrogen (secondary N) is 1. The van der Waals surface area contributed by atoms with Crippen molar-refractivity contribution >= 4 is 0 Å². The summed E-state index contributed by atoms with van der Waals surface area (Å²) in [5.41, 5.74) is 0. The molecule has 0 heterocycles. The van der Waals surface area contributed by atoms with Gasteiger partial charge in [-0.2, -0.15) is 5.26 Å². The molecule has 0 saturated heterocycles. The highest BCUT2D eigenvalue weighted by molar-refractivity contribution is 4.90. The van der Waals surface area contributed by atoms with Gasteiger partial charge in [0.25, 0.3) is 0 Å². The van der Waals surface area contributed by atoms with Gasteiger partial charge in [0.2, 0.25) is 0 Å². The molecular weight excluding hydrogens is 198 g/mol. The summed E-state index contributed by atoms with van der Waals surface area (Å²) >= 11 is 0. The second-order valence-corrected chi connectivity index (χ2v) is 4.72. The molecule has 1 unspecified atom stereocenters. The predicted molar refractivity (Wildman–Crippen MR) is 67.1 cm³/mol. The summed E-state index contributed by atoms with van der Waals surface area (Å²) in [6, 6.07) is 2.35. The van der Waals surface area contributed by atoms with Crippen LogP contribution in [0.4, 0.5) is 0 Å². The third-order valence-corrected chi connectivity index (χ3v) is 3.53. The lowest BCUT2D eigenvalue weighted by Crippen LogP contribution is -2.37. The smallest absolute Gasteiger partial charge is 0.0965 e. The first-order valence-corrected chi connectivity index (χ1v) is 6.65. The summed E-state index contributed by atoms with van der Waals surface area (Å²) in [7, 11) is 0. The van der Waals surface area contributed by atoms with Crippen LogP contribution in [0.5, 0.6) is 0 Å². The van der Waals surface area contributed by atoms with Crippen LogP contribution in [-0.4, -0.2) is 37.1 Å². The minimum Gasteiger partial charge on any atom is -0.303 e. The molecule has 1 aliphatic carbocycles. The van der Waals surface area contributed by atoms with Gasteiger partial charge in [0.15, 0.2) is 0 Å². The lowest BCUT2D eigenvalue weighted by Gasteiger charge is -2.32. The van der Waals surface area contributed by atoms with Crippen LogP contribution in [0.3, 0.4) is 0 Å². The van der Waals surface area contributed by atoms with Gasteiger partial charge < -0.3 is 10.2 Å². The minimum atomic E-state index is 0.0282. The molecule has 3 nitrogen and oxygen atoms in total. The van der Waals surface area contributed by atoms with Gasteiger partial charge in [-0.15, -0.1) is 0 Å². The molecule has 92 valence electrons. The van der Waals surface area contributed by atoms with Gasteiger partial charge in [-0.1, -0.05) is 20.3 Å². The van der Waals surface area contributed by atoms with Crippen molar-refractivity contribution in [1.82, 2.24) is 10.2 Å². The Morgan fingerprint density at radius 1 is 1.44 bits per heavy atom. The molecule has 3 heteroatoms. The number of rotatable bonds is 8. The van der Waals surface area contributed by atoms with Crippen molar-refractivity contribution in [2.45, 2.75) is 45.6 Å². The van der Waals surface area contributed by atoms with E-state index in [4.69, 9.17) is 5.26 Å². The molecule has 0 bridgehead atoms. The minimum absolute atomic E-state index is 0.0282. The Hall–Kier alpha value is -0.590. The summed E-state index contributed by atoms with van der Waals surface area (Å²) in [5, 5.41) is 12.2. The molecule has 0 aromatic carbocycles. The van der Waals surface area contributed by atoms with Crippen molar-refractivity contribution in [3.05, 3.63) is 0 Å². The van der Waals surface area contributed by atoms with Crippen LogP contribution in [0.1, 0.15) is 39.5 Å². The predicted octanol–water partition coefficient (Wildman–Crippen LogP) is 2.00. The van der Waals surface area contributed by atoms with Crippen molar-refractivity contribution in [2.75, 3.05) is 26.2 Å². The zero-order valence-electron chi connectivity index (χ0n) is 10.7. The fourth-order valence-electron chi connectivity index (χ4n) is 2.19. The Morgan fingerprint density at radius 2 is 2.19 bits per heavy atom. The molecule has 1 N–H and O–H groups in total. The van der Waals surface area contributed by atoms with E-state index in [0.717, 1.165) is 32.0 Å². The van der Waals surface area contributed by atoms with E-state index < -0.39 is 0 Å². The highest BCUT2D eigenvalue weighted by Gasteiger charge is 2.20. The molecule has 16 heavy (non-hydrogen) atoms.